The molecule has 0 spiro atoms. The number of hydrogen-bond donors (Lipinski definition) is 1. The number of amides is 2. The van der Waals surface area contributed by atoms with E-state index in [0.717, 1.165) is 25.9 Å². The largest absolute Gasteiger partial charge is 0.352 e. The Balaban J connectivity index is 2.29. The average molecular weight is 219 g/mol. The van der Waals surface area contributed by atoms with Crippen LogP contribution in [0.25, 0.3) is 0 Å². The van der Waals surface area contributed by atoms with Crippen LogP contribution in [0.4, 0.5) is 0 Å². The molecule has 1 fully saturated rings. The quantitative estimate of drug-likeness (QED) is 0.681. The van der Waals surface area contributed by atoms with Gasteiger partial charge in [-0.25, -0.2) is 0 Å². The molecule has 2 amide bonds. The van der Waals surface area contributed by atoms with E-state index in [0.29, 0.717) is 0 Å². The van der Waals surface area contributed by atoms with Crippen molar-refractivity contribution >= 4 is 23.4 Å². The minimum Gasteiger partial charge on any atom is -0.352 e. The summed E-state index contributed by atoms with van der Waals surface area (Å²) in [6.07, 6.45) is 1.64. The standard InChI is InChI=1S/C9H15ClN2O2/c1-7(13)12-4-2-8(3-5-12)11-9(14)6-10/h8H,2-6H2,1H3,(H,11,14). The van der Waals surface area contributed by atoms with Crippen molar-refractivity contribution in [1.29, 1.82) is 0 Å². The number of alkyl halides is 1. The highest BCUT2D eigenvalue weighted by Gasteiger charge is 2.21. The van der Waals surface area contributed by atoms with Crippen molar-refractivity contribution in [1.82, 2.24) is 10.2 Å². The summed E-state index contributed by atoms with van der Waals surface area (Å²) in [5.74, 6) is -0.0209. The lowest BCUT2D eigenvalue weighted by Gasteiger charge is -2.31. The van der Waals surface area contributed by atoms with E-state index in [1.165, 1.54) is 0 Å². The van der Waals surface area contributed by atoms with Crippen molar-refractivity contribution in [3.8, 4) is 0 Å². The van der Waals surface area contributed by atoms with Crippen molar-refractivity contribution in [3.63, 3.8) is 0 Å². The predicted molar refractivity (Wildman–Crippen MR) is 54.1 cm³/mol. The van der Waals surface area contributed by atoms with Crippen LogP contribution in [-0.4, -0.2) is 41.7 Å². The topological polar surface area (TPSA) is 49.4 Å². The van der Waals surface area contributed by atoms with E-state index in [1.807, 2.05) is 0 Å². The molecule has 1 aliphatic heterocycles. The first-order chi connectivity index (χ1) is 6.63. The van der Waals surface area contributed by atoms with Gasteiger partial charge in [-0.05, 0) is 12.8 Å². The van der Waals surface area contributed by atoms with Gasteiger partial charge in [0.25, 0.3) is 0 Å². The third-order valence-electron chi connectivity index (χ3n) is 2.43. The van der Waals surface area contributed by atoms with Crippen molar-refractivity contribution in [2.45, 2.75) is 25.8 Å². The van der Waals surface area contributed by atoms with Crippen LogP contribution in [-0.2, 0) is 9.59 Å². The number of halogens is 1. The first-order valence-electron chi connectivity index (χ1n) is 4.74. The van der Waals surface area contributed by atoms with Gasteiger partial charge in [-0.2, -0.15) is 0 Å². The van der Waals surface area contributed by atoms with Gasteiger partial charge in [0.05, 0.1) is 0 Å². The fraction of sp³-hybridized carbons (Fsp3) is 0.778. The molecule has 80 valence electrons. The van der Waals surface area contributed by atoms with Crippen LogP contribution in [0.15, 0.2) is 0 Å². The molecule has 0 atom stereocenters. The Morgan fingerprint density at radius 2 is 2.00 bits per heavy atom. The second-order valence-electron chi connectivity index (χ2n) is 3.48. The zero-order valence-corrected chi connectivity index (χ0v) is 9.01. The summed E-state index contributed by atoms with van der Waals surface area (Å²) in [6.45, 7) is 3.02. The van der Waals surface area contributed by atoms with Crippen molar-refractivity contribution in [2.24, 2.45) is 0 Å². The number of carbonyl (C=O) groups excluding carboxylic acids is 2. The highest BCUT2D eigenvalue weighted by Crippen LogP contribution is 2.10. The lowest BCUT2D eigenvalue weighted by molar-refractivity contribution is -0.130. The summed E-state index contributed by atoms with van der Waals surface area (Å²) in [4.78, 5) is 23.8. The van der Waals surface area contributed by atoms with E-state index in [2.05, 4.69) is 5.32 Å². The van der Waals surface area contributed by atoms with E-state index >= 15 is 0 Å². The number of piperidine rings is 1. The molecule has 0 aliphatic carbocycles. The lowest BCUT2D eigenvalue weighted by Crippen LogP contribution is -2.46. The summed E-state index contributed by atoms with van der Waals surface area (Å²) in [5.41, 5.74) is 0. The van der Waals surface area contributed by atoms with Crippen LogP contribution in [0.1, 0.15) is 19.8 Å². The monoisotopic (exact) mass is 218 g/mol. The van der Waals surface area contributed by atoms with Crippen LogP contribution in [0.3, 0.4) is 0 Å². The Kier molecular flexibility index (Phi) is 4.20. The smallest absolute Gasteiger partial charge is 0.235 e. The van der Waals surface area contributed by atoms with E-state index in [-0.39, 0.29) is 23.7 Å². The maximum atomic E-state index is 11.0. The molecule has 0 radical (unpaired) electrons. The van der Waals surface area contributed by atoms with Crippen LogP contribution >= 0.6 is 11.6 Å². The van der Waals surface area contributed by atoms with Crippen LogP contribution in [0.5, 0.6) is 0 Å². The molecule has 1 aliphatic rings. The Morgan fingerprint density at radius 3 is 2.43 bits per heavy atom. The van der Waals surface area contributed by atoms with Gasteiger partial charge < -0.3 is 10.2 Å². The Bertz CT molecular complexity index is 225. The first kappa shape index (κ1) is 11.3. The predicted octanol–water partition coefficient (Wildman–Crippen LogP) is 0.352. The lowest BCUT2D eigenvalue weighted by atomic mass is 10.1. The van der Waals surface area contributed by atoms with Gasteiger partial charge >= 0.3 is 0 Å². The van der Waals surface area contributed by atoms with Crippen LogP contribution < -0.4 is 5.32 Å². The normalized spacial score (nSPS) is 18.0. The molecule has 0 aromatic heterocycles. The maximum Gasteiger partial charge on any atom is 0.235 e. The number of carbonyl (C=O) groups is 2. The Labute approximate surface area is 88.6 Å². The molecule has 1 N–H and O–H groups in total. The fourth-order valence-electron chi connectivity index (χ4n) is 1.60. The molecule has 1 heterocycles. The molecule has 0 aromatic carbocycles. The summed E-state index contributed by atoms with van der Waals surface area (Å²) in [6, 6.07) is 0.178. The van der Waals surface area contributed by atoms with Crippen molar-refractivity contribution in [3.05, 3.63) is 0 Å². The molecule has 14 heavy (non-hydrogen) atoms. The summed E-state index contributed by atoms with van der Waals surface area (Å²) < 4.78 is 0. The molecule has 5 heteroatoms. The molecular formula is C9H15ClN2O2. The SMILES string of the molecule is CC(=O)N1CCC(NC(=O)CCl)CC1. The fourth-order valence-corrected chi connectivity index (χ4v) is 1.68. The second kappa shape index (κ2) is 5.20. The number of nitrogens with zero attached hydrogens (tertiary/aromatic N) is 1. The third kappa shape index (κ3) is 3.18. The maximum absolute atomic E-state index is 11.0. The second-order valence-corrected chi connectivity index (χ2v) is 3.75. The molecule has 0 saturated carbocycles. The highest BCUT2D eigenvalue weighted by atomic mass is 35.5. The number of hydrogen-bond acceptors (Lipinski definition) is 2. The first-order valence-corrected chi connectivity index (χ1v) is 5.27. The van der Waals surface area contributed by atoms with Crippen molar-refractivity contribution in [2.75, 3.05) is 19.0 Å². The number of rotatable bonds is 2. The number of nitrogens with one attached hydrogen (secondary N) is 1. The summed E-state index contributed by atoms with van der Waals surface area (Å²) >= 11 is 5.37. The zero-order chi connectivity index (χ0) is 10.6. The number of likely N-dealkylation sites (tertiary alicyclic amines) is 1. The van der Waals surface area contributed by atoms with Gasteiger partial charge in [0.1, 0.15) is 5.88 Å². The minimum atomic E-state index is -0.132. The van der Waals surface area contributed by atoms with Gasteiger partial charge in [0.2, 0.25) is 11.8 Å². The van der Waals surface area contributed by atoms with E-state index in [9.17, 15) is 9.59 Å². The average Bonchev–Trinajstić information content (AvgIpc) is 2.18. The Morgan fingerprint density at radius 1 is 1.43 bits per heavy atom. The summed E-state index contributed by atoms with van der Waals surface area (Å²) in [5, 5.41) is 2.82. The van der Waals surface area contributed by atoms with Gasteiger partial charge in [-0.1, -0.05) is 0 Å². The van der Waals surface area contributed by atoms with E-state index in [1.54, 1.807) is 11.8 Å². The minimum absolute atomic E-state index is 0.00687. The van der Waals surface area contributed by atoms with E-state index in [4.69, 9.17) is 11.6 Å². The molecule has 1 saturated heterocycles. The molecule has 0 aromatic rings. The zero-order valence-electron chi connectivity index (χ0n) is 8.25. The molecule has 0 unspecified atom stereocenters. The van der Waals surface area contributed by atoms with Gasteiger partial charge in [0, 0.05) is 26.1 Å². The summed E-state index contributed by atoms with van der Waals surface area (Å²) in [7, 11) is 0. The molecule has 0 bridgehead atoms. The van der Waals surface area contributed by atoms with Gasteiger partial charge in [0.15, 0.2) is 0 Å². The van der Waals surface area contributed by atoms with Crippen molar-refractivity contribution < 1.29 is 9.59 Å². The van der Waals surface area contributed by atoms with Crippen LogP contribution in [0.2, 0.25) is 0 Å². The highest BCUT2D eigenvalue weighted by molar-refractivity contribution is 6.27. The van der Waals surface area contributed by atoms with Crippen LogP contribution in [0, 0.1) is 0 Å². The molecule has 4 nitrogen and oxygen atoms in total. The third-order valence-corrected chi connectivity index (χ3v) is 2.67. The van der Waals surface area contributed by atoms with Gasteiger partial charge in [-0.15, -0.1) is 11.6 Å². The van der Waals surface area contributed by atoms with Gasteiger partial charge in [-0.3, -0.25) is 9.59 Å². The van der Waals surface area contributed by atoms with E-state index < -0.39 is 0 Å². The molecule has 1 rings (SSSR count). The Hall–Kier alpha value is -0.770. The molecular weight excluding hydrogens is 204 g/mol.